The fraction of sp³-hybridized carbons (Fsp3) is 0.417. The second-order valence-electron chi connectivity index (χ2n) is 4.73. The highest BCUT2D eigenvalue weighted by atomic mass is 35.5. The van der Waals surface area contributed by atoms with Crippen LogP contribution in [0.4, 0.5) is 13.2 Å². The van der Waals surface area contributed by atoms with E-state index < -0.39 is 28.5 Å². The Bertz CT molecular complexity index is 719. The number of aromatic nitrogens is 4. The first-order valence-electron chi connectivity index (χ1n) is 6.18. The van der Waals surface area contributed by atoms with Crippen LogP contribution in [0.3, 0.4) is 0 Å². The fourth-order valence-corrected chi connectivity index (χ4v) is 2.39. The average Bonchev–Trinajstić information content (AvgIpc) is 2.85. The lowest BCUT2D eigenvalue weighted by atomic mass is 10.2. The molecule has 2 aromatic heterocycles. The quantitative estimate of drug-likeness (QED) is 0.934. The van der Waals surface area contributed by atoms with Crippen molar-refractivity contribution in [1.29, 1.82) is 0 Å². The van der Waals surface area contributed by atoms with Crippen LogP contribution in [0.1, 0.15) is 27.4 Å². The smallest absolute Gasteiger partial charge is 0.346 e. The molecule has 120 valence electrons. The van der Waals surface area contributed by atoms with Crippen LogP contribution >= 0.6 is 11.6 Å². The summed E-state index contributed by atoms with van der Waals surface area (Å²) in [7, 11) is 2.81. The molecule has 0 radical (unpaired) electrons. The Hall–Kier alpha value is -2.03. The minimum absolute atomic E-state index is 0.118. The molecule has 0 aliphatic heterocycles. The summed E-state index contributed by atoms with van der Waals surface area (Å²) in [6.07, 6.45) is -2.98. The molecule has 2 rings (SSSR count). The molecule has 1 amide bonds. The Morgan fingerprint density at radius 3 is 2.45 bits per heavy atom. The van der Waals surface area contributed by atoms with Crippen LogP contribution < -0.4 is 5.32 Å². The highest BCUT2D eigenvalue weighted by Gasteiger charge is 2.39. The van der Waals surface area contributed by atoms with Crippen molar-refractivity contribution in [2.24, 2.45) is 14.1 Å². The number of rotatable bonds is 3. The van der Waals surface area contributed by atoms with E-state index >= 15 is 0 Å². The van der Waals surface area contributed by atoms with E-state index in [4.69, 9.17) is 11.6 Å². The van der Waals surface area contributed by atoms with Gasteiger partial charge in [-0.15, -0.1) is 0 Å². The predicted molar refractivity (Wildman–Crippen MR) is 72.3 cm³/mol. The zero-order valence-electron chi connectivity index (χ0n) is 12.0. The SMILES string of the molecule is Cc1nn(C)cc1CNC(=O)c1nn(C)c(C(F)(F)F)c1Cl. The molecule has 0 fully saturated rings. The zero-order valence-corrected chi connectivity index (χ0v) is 12.7. The molecule has 2 aromatic rings. The Balaban J connectivity index is 2.19. The van der Waals surface area contributed by atoms with Gasteiger partial charge >= 0.3 is 6.18 Å². The van der Waals surface area contributed by atoms with Crippen LogP contribution in [0, 0.1) is 6.92 Å². The van der Waals surface area contributed by atoms with Gasteiger partial charge in [0.1, 0.15) is 5.02 Å². The summed E-state index contributed by atoms with van der Waals surface area (Å²) < 4.78 is 40.5. The molecule has 1 N–H and O–H groups in total. The number of nitrogens with one attached hydrogen (secondary N) is 1. The van der Waals surface area contributed by atoms with Crippen molar-refractivity contribution in [3.05, 3.63) is 33.9 Å². The van der Waals surface area contributed by atoms with E-state index in [0.29, 0.717) is 10.4 Å². The van der Waals surface area contributed by atoms with Gasteiger partial charge in [-0.1, -0.05) is 11.6 Å². The van der Waals surface area contributed by atoms with Crippen molar-refractivity contribution in [3.8, 4) is 0 Å². The summed E-state index contributed by atoms with van der Waals surface area (Å²) >= 11 is 5.65. The van der Waals surface area contributed by atoms with Gasteiger partial charge in [-0.2, -0.15) is 23.4 Å². The molecule has 10 heteroatoms. The van der Waals surface area contributed by atoms with Crippen molar-refractivity contribution < 1.29 is 18.0 Å². The third-order valence-electron chi connectivity index (χ3n) is 3.03. The number of hydrogen-bond donors (Lipinski definition) is 1. The Labute approximate surface area is 128 Å². The fourth-order valence-electron chi connectivity index (χ4n) is 2.03. The van der Waals surface area contributed by atoms with Gasteiger partial charge < -0.3 is 5.32 Å². The van der Waals surface area contributed by atoms with Crippen molar-refractivity contribution in [1.82, 2.24) is 24.9 Å². The number of hydrogen-bond acceptors (Lipinski definition) is 3. The van der Waals surface area contributed by atoms with Gasteiger partial charge in [0.25, 0.3) is 5.91 Å². The maximum absolute atomic E-state index is 12.8. The number of halogens is 4. The average molecular weight is 336 g/mol. The number of alkyl halides is 3. The van der Waals surface area contributed by atoms with E-state index in [1.54, 1.807) is 24.9 Å². The van der Waals surface area contributed by atoms with Crippen LogP contribution in [0.2, 0.25) is 5.02 Å². The van der Waals surface area contributed by atoms with Crippen molar-refractivity contribution in [3.63, 3.8) is 0 Å². The summed E-state index contributed by atoms with van der Waals surface area (Å²) in [4.78, 5) is 12.0. The normalized spacial score (nSPS) is 11.8. The van der Waals surface area contributed by atoms with Crippen LogP contribution in [0.25, 0.3) is 0 Å². The Morgan fingerprint density at radius 2 is 2.00 bits per heavy atom. The maximum atomic E-state index is 12.8. The molecule has 0 aromatic carbocycles. The third kappa shape index (κ3) is 3.08. The van der Waals surface area contributed by atoms with Gasteiger partial charge in [-0.25, -0.2) is 0 Å². The van der Waals surface area contributed by atoms with Crippen LogP contribution in [-0.2, 0) is 26.8 Å². The van der Waals surface area contributed by atoms with Crippen molar-refractivity contribution in [2.45, 2.75) is 19.6 Å². The summed E-state index contributed by atoms with van der Waals surface area (Å²) in [6, 6.07) is 0. The van der Waals surface area contributed by atoms with Crippen molar-refractivity contribution in [2.75, 3.05) is 0 Å². The van der Waals surface area contributed by atoms with E-state index in [1.807, 2.05) is 0 Å². The van der Waals surface area contributed by atoms with Gasteiger partial charge in [0.05, 0.1) is 5.69 Å². The monoisotopic (exact) mass is 335 g/mol. The van der Waals surface area contributed by atoms with Gasteiger partial charge in [0.15, 0.2) is 11.4 Å². The molecule has 0 bridgehead atoms. The molecular weight excluding hydrogens is 323 g/mol. The molecule has 22 heavy (non-hydrogen) atoms. The number of nitrogens with zero attached hydrogens (tertiary/aromatic N) is 4. The lowest BCUT2D eigenvalue weighted by molar-refractivity contribution is -0.143. The highest BCUT2D eigenvalue weighted by molar-refractivity contribution is 6.34. The molecule has 0 saturated carbocycles. The summed E-state index contributed by atoms with van der Waals surface area (Å²) in [6.45, 7) is 1.88. The van der Waals surface area contributed by atoms with E-state index in [0.717, 1.165) is 12.6 Å². The molecular formula is C12H13ClF3N5O. The van der Waals surface area contributed by atoms with Crippen LogP contribution in [0.15, 0.2) is 6.20 Å². The standard InChI is InChI=1S/C12H13ClF3N5O/c1-6-7(5-20(2)18-6)4-17-11(22)9-8(13)10(12(14,15)16)21(3)19-9/h5H,4H2,1-3H3,(H,17,22). The second kappa shape index (κ2) is 5.64. The first-order valence-corrected chi connectivity index (χ1v) is 6.56. The van der Waals surface area contributed by atoms with E-state index in [1.165, 1.54) is 0 Å². The largest absolute Gasteiger partial charge is 0.434 e. The van der Waals surface area contributed by atoms with E-state index in [2.05, 4.69) is 15.5 Å². The third-order valence-corrected chi connectivity index (χ3v) is 3.39. The molecule has 0 spiro atoms. The summed E-state index contributed by atoms with van der Waals surface area (Å²) in [5.41, 5.74) is -0.153. The molecule has 0 aliphatic carbocycles. The van der Waals surface area contributed by atoms with Gasteiger partial charge in [0, 0.05) is 32.4 Å². The van der Waals surface area contributed by atoms with Gasteiger partial charge in [-0.05, 0) is 6.92 Å². The number of aryl methyl sites for hydroxylation is 3. The second-order valence-corrected chi connectivity index (χ2v) is 5.11. The van der Waals surface area contributed by atoms with Gasteiger partial charge in [-0.3, -0.25) is 14.2 Å². The predicted octanol–water partition coefficient (Wildman–Crippen LogP) is 2.06. The number of carbonyl (C=O) groups excluding carboxylic acids is 1. The van der Waals surface area contributed by atoms with E-state index in [9.17, 15) is 18.0 Å². The number of amides is 1. The van der Waals surface area contributed by atoms with Crippen LogP contribution in [-0.4, -0.2) is 25.5 Å². The van der Waals surface area contributed by atoms with E-state index in [-0.39, 0.29) is 6.54 Å². The molecule has 0 aliphatic rings. The zero-order chi connectivity index (χ0) is 16.7. The maximum Gasteiger partial charge on any atom is 0.434 e. The summed E-state index contributed by atoms with van der Waals surface area (Å²) in [5, 5.41) is 9.42. The molecule has 0 atom stereocenters. The van der Waals surface area contributed by atoms with Crippen LogP contribution in [0.5, 0.6) is 0 Å². The minimum Gasteiger partial charge on any atom is -0.346 e. The van der Waals surface area contributed by atoms with Gasteiger partial charge in [0.2, 0.25) is 0 Å². The topological polar surface area (TPSA) is 64.7 Å². The number of carbonyl (C=O) groups is 1. The Kier molecular flexibility index (Phi) is 4.19. The summed E-state index contributed by atoms with van der Waals surface area (Å²) in [5.74, 6) is -0.778. The molecule has 6 nitrogen and oxygen atoms in total. The first kappa shape index (κ1) is 16.3. The Morgan fingerprint density at radius 1 is 1.36 bits per heavy atom. The first-order chi connectivity index (χ1) is 10.1. The molecule has 2 heterocycles. The minimum atomic E-state index is -4.68. The lowest BCUT2D eigenvalue weighted by Gasteiger charge is -2.06. The molecule has 0 saturated heterocycles. The molecule has 0 unspecified atom stereocenters. The van der Waals surface area contributed by atoms with Crippen molar-refractivity contribution >= 4 is 17.5 Å². The lowest BCUT2D eigenvalue weighted by Crippen LogP contribution is -2.24. The highest BCUT2D eigenvalue weighted by Crippen LogP contribution is 2.35.